The van der Waals surface area contributed by atoms with Crippen LogP contribution >= 0.6 is 27.5 Å². The Labute approximate surface area is 202 Å². The zero-order valence-corrected chi connectivity index (χ0v) is 22.4. The van der Waals surface area contributed by atoms with Crippen LogP contribution in [0.5, 0.6) is 0 Å². The van der Waals surface area contributed by atoms with Crippen LogP contribution in [-0.2, 0) is 16.9 Å². The molecule has 3 amide bonds. The SMILES string of the molecule is CC1(C)c2[nH]nc(NC(=O)C3([Si-](C)(C)C)CCC3)c2CN1C(=O)Nc1c(Cl)cccc1Br. The van der Waals surface area contributed by atoms with E-state index < -0.39 is 13.6 Å². The number of carbonyl (C=O) groups is 2. The number of rotatable bonds is 4. The fourth-order valence-corrected chi connectivity index (χ4v) is 8.21. The van der Waals surface area contributed by atoms with Gasteiger partial charge in [0.25, 0.3) is 0 Å². The molecule has 7 nitrogen and oxygen atoms in total. The molecule has 2 heterocycles. The summed E-state index contributed by atoms with van der Waals surface area (Å²) >= 11 is 9.72. The summed E-state index contributed by atoms with van der Waals surface area (Å²) in [5.74, 6) is 0.592. The molecular formula is C22H29BrClN5O2Si-. The van der Waals surface area contributed by atoms with E-state index in [0.29, 0.717) is 27.5 Å². The Bertz CT molecular complexity index is 1070. The molecule has 3 N–H and O–H groups in total. The monoisotopic (exact) mass is 537 g/mol. The quantitative estimate of drug-likeness (QED) is 0.398. The van der Waals surface area contributed by atoms with Crippen LogP contribution in [0, 0.1) is 0 Å². The lowest BCUT2D eigenvalue weighted by Crippen LogP contribution is -2.52. The zero-order chi connectivity index (χ0) is 23.5. The first kappa shape index (κ1) is 23.3. The highest BCUT2D eigenvalue weighted by molar-refractivity contribution is 9.10. The average molecular weight is 539 g/mol. The zero-order valence-electron chi connectivity index (χ0n) is 19.0. The summed E-state index contributed by atoms with van der Waals surface area (Å²) in [5, 5.41) is 13.7. The Morgan fingerprint density at radius 3 is 2.47 bits per heavy atom. The fourth-order valence-electron chi connectivity index (χ4n) is 4.81. The van der Waals surface area contributed by atoms with Crippen LogP contribution in [0.25, 0.3) is 0 Å². The third-order valence-corrected chi connectivity index (χ3v) is 11.8. The number of nitrogens with one attached hydrogen (secondary N) is 3. The average Bonchev–Trinajstić information content (AvgIpc) is 3.14. The third-order valence-electron chi connectivity index (χ3n) is 7.22. The maximum absolute atomic E-state index is 13.3. The van der Waals surface area contributed by atoms with Gasteiger partial charge in [-0.15, -0.1) is 8.07 Å². The Balaban J connectivity index is 1.56. The molecule has 1 aromatic heterocycles. The van der Waals surface area contributed by atoms with Crippen molar-refractivity contribution in [2.45, 2.75) is 69.9 Å². The van der Waals surface area contributed by atoms with Crippen LogP contribution < -0.4 is 10.6 Å². The summed E-state index contributed by atoms with van der Waals surface area (Å²) in [4.78, 5) is 28.2. The van der Waals surface area contributed by atoms with Crippen LogP contribution in [0.15, 0.2) is 22.7 Å². The van der Waals surface area contributed by atoms with Crippen LogP contribution in [-0.4, -0.2) is 35.1 Å². The minimum Gasteiger partial charge on any atom is -0.311 e. The van der Waals surface area contributed by atoms with E-state index in [2.05, 4.69) is 56.4 Å². The van der Waals surface area contributed by atoms with E-state index in [0.717, 1.165) is 30.5 Å². The van der Waals surface area contributed by atoms with Gasteiger partial charge in [0, 0.05) is 10.0 Å². The second kappa shape index (κ2) is 7.88. The van der Waals surface area contributed by atoms with Crippen molar-refractivity contribution in [3.8, 4) is 0 Å². The first-order chi connectivity index (χ1) is 14.9. The molecule has 0 radical (unpaired) electrons. The number of para-hydroxylation sites is 1. The third kappa shape index (κ3) is 3.58. The molecule has 0 unspecified atom stereocenters. The fraction of sp³-hybridized carbons (Fsp3) is 0.500. The Hall–Kier alpha value is -1.84. The second-order valence-electron chi connectivity index (χ2n) is 10.2. The number of hydrogen-bond acceptors (Lipinski definition) is 3. The lowest BCUT2D eigenvalue weighted by atomic mass is 9.83. The van der Waals surface area contributed by atoms with Gasteiger partial charge >= 0.3 is 6.03 Å². The van der Waals surface area contributed by atoms with E-state index >= 15 is 0 Å². The number of urea groups is 1. The van der Waals surface area contributed by atoms with Gasteiger partial charge in [0.15, 0.2) is 5.82 Å². The number of halogens is 2. The van der Waals surface area contributed by atoms with Crippen molar-refractivity contribution >= 4 is 59.0 Å². The number of aromatic amines is 1. The minimum absolute atomic E-state index is 0.0675. The van der Waals surface area contributed by atoms with Crippen molar-refractivity contribution in [3.63, 3.8) is 0 Å². The molecule has 10 heteroatoms. The van der Waals surface area contributed by atoms with Crippen molar-refractivity contribution in [2.75, 3.05) is 10.6 Å². The van der Waals surface area contributed by atoms with Gasteiger partial charge in [-0.3, -0.25) is 9.89 Å². The van der Waals surface area contributed by atoms with Gasteiger partial charge in [-0.2, -0.15) is 24.7 Å². The second-order valence-corrected chi connectivity index (χ2v) is 17.0. The normalized spacial score (nSPS) is 18.7. The Morgan fingerprint density at radius 1 is 1.22 bits per heavy atom. The summed E-state index contributed by atoms with van der Waals surface area (Å²) in [6.07, 6.45) is 2.97. The van der Waals surface area contributed by atoms with Crippen molar-refractivity contribution in [1.29, 1.82) is 0 Å². The molecule has 1 aromatic carbocycles. The van der Waals surface area contributed by atoms with Crippen LogP contribution in [0.2, 0.25) is 29.7 Å². The number of carbonyl (C=O) groups excluding carboxylic acids is 2. The number of hydrogen-bond donors (Lipinski definition) is 3. The smallest absolute Gasteiger partial charge is 0.311 e. The predicted molar refractivity (Wildman–Crippen MR) is 134 cm³/mol. The first-order valence-electron chi connectivity index (χ1n) is 10.8. The predicted octanol–water partition coefficient (Wildman–Crippen LogP) is 6.31. The molecule has 4 rings (SSSR count). The Morgan fingerprint density at radius 2 is 1.91 bits per heavy atom. The molecular weight excluding hydrogens is 510 g/mol. The molecule has 0 spiro atoms. The number of H-pyrrole nitrogens is 1. The van der Waals surface area contributed by atoms with Gasteiger partial charge in [-0.1, -0.05) is 42.0 Å². The molecule has 1 aliphatic carbocycles. The topological polar surface area (TPSA) is 90.1 Å². The largest absolute Gasteiger partial charge is 0.322 e. The van der Waals surface area contributed by atoms with Crippen LogP contribution in [0.4, 0.5) is 16.3 Å². The van der Waals surface area contributed by atoms with E-state index in [1.807, 2.05) is 26.0 Å². The minimum atomic E-state index is -1.70. The van der Waals surface area contributed by atoms with E-state index in [4.69, 9.17) is 11.6 Å². The highest BCUT2D eigenvalue weighted by atomic mass is 79.9. The van der Waals surface area contributed by atoms with E-state index in [9.17, 15) is 9.59 Å². The highest BCUT2D eigenvalue weighted by Gasteiger charge is 2.47. The summed E-state index contributed by atoms with van der Waals surface area (Å²) in [6, 6.07) is 5.09. The Kier molecular flexibility index (Phi) is 5.74. The molecule has 1 saturated carbocycles. The lowest BCUT2D eigenvalue weighted by molar-refractivity contribution is -0.121. The lowest BCUT2D eigenvalue weighted by Gasteiger charge is -2.57. The number of amides is 3. The maximum atomic E-state index is 13.3. The molecule has 2 aromatic rings. The van der Waals surface area contributed by atoms with E-state index in [1.54, 1.807) is 11.0 Å². The van der Waals surface area contributed by atoms with Crippen LogP contribution in [0.3, 0.4) is 0 Å². The van der Waals surface area contributed by atoms with Gasteiger partial charge in [-0.25, -0.2) is 4.79 Å². The van der Waals surface area contributed by atoms with Crippen LogP contribution in [0.1, 0.15) is 44.4 Å². The van der Waals surface area contributed by atoms with Gasteiger partial charge in [0.2, 0.25) is 5.91 Å². The summed E-state index contributed by atoms with van der Waals surface area (Å²) < 4.78 is 0.709. The maximum Gasteiger partial charge on any atom is 0.322 e. The standard InChI is InChI=1S/C22H29BrClN5O2Si/c1-21(2)17-13(12-29(21)20(31)25-16-14(23)8-6-9-15(16)24)18(28-27-17)26-19(30)22(10-7-11-22)32(3,4)5/h6,8-9H,7,10-12H2,1-5H3,(H,25,31)(H2,26,27,28,30)/q-1. The highest BCUT2D eigenvalue weighted by Crippen LogP contribution is 2.56. The van der Waals surface area contributed by atoms with Gasteiger partial charge in [-0.05, 0) is 41.9 Å². The van der Waals surface area contributed by atoms with Crippen molar-refractivity contribution in [1.82, 2.24) is 15.1 Å². The number of aromatic nitrogens is 2. The van der Waals surface area contributed by atoms with Gasteiger partial charge < -0.3 is 15.5 Å². The van der Waals surface area contributed by atoms with Crippen molar-refractivity contribution < 1.29 is 9.59 Å². The van der Waals surface area contributed by atoms with E-state index in [1.165, 1.54) is 0 Å². The van der Waals surface area contributed by atoms with E-state index in [-0.39, 0.29) is 17.0 Å². The first-order valence-corrected chi connectivity index (χ1v) is 15.5. The molecule has 0 atom stereocenters. The summed E-state index contributed by atoms with van der Waals surface area (Å²) in [5.41, 5.74) is 1.58. The van der Waals surface area contributed by atoms with Gasteiger partial charge in [0.1, 0.15) is 0 Å². The van der Waals surface area contributed by atoms with Crippen molar-refractivity contribution in [3.05, 3.63) is 39.0 Å². The van der Waals surface area contributed by atoms with Crippen molar-refractivity contribution in [2.24, 2.45) is 0 Å². The number of nitrogens with zero attached hydrogens (tertiary/aromatic N) is 2. The summed E-state index contributed by atoms with van der Waals surface area (Å²) in [7, 11) is -1.70. The number of fused-ring (bicyclic) bond motifs is 1. The molecule has 2 aliphatic rings. The molecule has 173 valence electrons. The molecule has 1 fully saturated rings. The number of anilines is 2. The number of benzene rings is 1. The molecule has 32 heavy (non-hydrogen) atoms. The van der Waals surface area contributed by atoms with Gasteiger partial charge in [0.05, 0.1) is 28.5 Å². The molecule has 0 saturated heterocycles. The summed E-state index contributed by atoms with van der Waals surface area (Å²) in [6.45, 7) is 11.0. The molecule has 0 bridgehead atoms. The molecule has 1 aliphatic heterocycles.